The molecule has 0 atom stereocenters. The highest BCUT2D eigenvalue weighted by atomic mass is 16.5. The lowest BCUT2D eigenvalue weighted by molar-refractivity contribution is -0.139. The third-order valence-corrected chi connectivity index (χ3v) is 4.97. The zero-order valence-corrected chi connectivity index (χ0v) is 18.5. The number of hydrogen-bond donors (Lipinski definition) is 1. The van der Waals surface area contributed by atoms with E-state index < -0.39 is 0 Å². The topological polar surface area (TPSA) is 91.2 Å². The molecule has 1 aromatic carbocycles. The maximum Gasteiger partial charge on any atom is 0.311 e. The molecule has 1 N–H and O–H groups in total. The predicted octanol–water partition coefficient (Wildman–Crippen LogP) is 4.17. The summed E-state index contributed by atoms with van der Waals surface area (Å²) in [5, 5.41) is 3.21. The van der Waals surface area contributed by atoms with Crippen LogP contribution in [0.5, 0.6) is 5.75 Å². The fraction of sp³-hybridized carbons (Fsp3) is 0.391. The minimum absolute atomic E-state index is 0.122. The highest BCUT2D eigenvalue weighted by molar-refractivity contribution is 5.72. The Balaban J connectivity index is 1.83. The molecule has 8 nitrogen and oxygen atoms in total. The van der Waals surface area contributed by atoms with Crippen molar-refractivity contribution in [2.75, 3.05) is 19.5 Å². The molecule has 0 aliphatic rings. The number of unbranched alkanes of at least 4 members (excludes halogenated alkanes) is 2. The van der Waals surface area contributed by atoms with Crippen LogP contribution in [0, 0.1) is 6.92 Å². The quantitative estimate of drug-likeness (QED) is 0.386. The fourth-order valence-corrected chi connectivity index (χ4v) is 3.29. The SMILES string of the molecule is CCCCCc1cnc(Nc2ccc(-n3cnc(C)c3)c(OC)c2)nc1CC(=O)OC. The second kappa shape index (κ2) is 10.6. The second-order valence-corrected chi connectivity index (χ2v) is 7.31. The van der Waals surface area contributed by atoms with Crippen LogP contribution in [0.25, 0.3) is 5.69 Å². The summed E-state index contributed by atoms with van der Waals surface area (Å²) in [5.74, 6) is 0.794. The molecule has 0 bridgehead atoms. The molecule has 0 unspecified atom stereocenters. The number of aryl methyl sites for hydroxylation is 2. The van der Waals surface area contributed by atoms with E-state index in [0.29, 0.717) is 17.4 Å². The summed E-state index contributed by atoms with van der Waals surface area (Å²) in [6.07, 6.45) is 9.73. The number of nitrogens with zero attached hydrogens (tertiary/aromatic N) is 4. The lowest BCUT2D eigenvalue weighted by atomic mass is 10.1. The van der Waals surface area contributed by atoms with Gasteiger partial charge in [0.15, 0.2) is 0 Å². The van der Waals surface area contributed by atoms with Crippen LogP contribution < -0.4 is 10.1 Å². The van der Waals surface area contributed by atoms with Crippen molar-refractivity contribution < 1.29 is 14.3 Å². The van der Waals surface area contributed by atoms with E-state index in [2.05, 4.69) is 27.2 Å². The van der Waals surface area contributed by atoms with Gasteiger partial charge in [0.05, 0.1) is 44.0 Å². The highest BCUT2D eigenvalue weighted by Crippen LogP contribution is 2.28. The Morgan fingerprint density at radius 3 is 2.71 bits per heavy atom. The van der Waals surface area contributed by atoms with E-state index in [1.54, 1.807) is 19.6 Å². The molecule has 0 saturated heterocycles. The van der Waals surface area contributed by atoms with Crippen LogP contribution in [0.15, 0.2) is 36.9 Å². The van der Waals surface area contributed by atoms with Crippen molar-refractivity contribution in [1.29, 1.82) is 0 Å². The summed E-state index contributed by atoms with van der Waals surface area (Å²) >= 11 is 0. The zero-order chi connectivity index (χ0) is 22.2. The first-order chi connectivity index (χ1) is 15.0. The van der Waals surface area contributed by atoms with Crippen LogP contribution in [0.4, 0.5) is 11.6 Å². The summed E-state index contributed by atoms with van der Waals surface area (Å²) < 4.78 is 12.3. The Morgan fingerprint density at radius 1 is 1.19 bits per heavy atom. The molecule has 0 fully saturated rings. The van der Waals surface area contributed by atoms with Gasteiger partial charge in [0.2, 0.25) is 5.95 Å². The van der Waals surface area contributed by atoms with E-state index in [9.17, 15) is 4.79 Å². The van der Waals surface area contributed by atoms with Crippen molar-refractivity contribution in [3.8, 4) is 11.4 Å². The van der Waals surface area contributed by atoms with Gasteiger partial charge in [0.25, 0.3) is 0 Å². The first-order valence-electron chi connectivity index (χ1n) is 10.4. The number of ether oxygens (including phenoxy) is 2. The zero-order valence-electron chi connectivity index (χ0n) is 18.5. The maximum atomic E-state index is 11.9. The number of hydrogen-bond acceptors (Lipinski definition) is 7. The molecule has 3 aromatic rings. The average molecular weight is 424 g/mol. The smallest absolute Gasteiger partial charge is 0.311 e. The number of nitrogens with one attached hydrogen (secondary N) is 1. The van der Waals surface area contributed by atoms with Crippen molar-refractivity contribution >= 4 is 17.6 Å². The second-order valence-electron chi connectivity index (χ2n) is 7.31. The third kappa shape index (κ3) is 5.81. The average Bonchev–Trinajstić information content (AvgIpc) is 3.21. The van der Waals surface area contributed by atoms with Gasteiger partial charge in [-0.25, -0.2) is 15.0 Å². The van der Waals surface area contributed by atoms with Gasteiger partial charge in [-0.1, -0.05) is 19.8 Å². The highest BCUT2D eigenvalue weighted by Gasteiger charge is 2.13. The molecule has 0 aliphatic heterocycles. The lowest BCUT2D eigenvalue weighted by Gasteiger charge is -2.13. The van der Waals surface area contributed by atoms with Crippen LogP contribution >= 0.6 is 0 Å². The Hall–Kier alpha value is -3.42. The molecule has 0 amide bonds. The summed E-state index contributed by atoms with van der Waals surface area (Å²) in [6.45, 7) is 4.10. The number of methoxy groups -OCH3 is 2. The van der Waals surface area contributed by atoms with Gasteiger partial charge in [-0.15, -0.1) is 0 Å². The normalized spacial score (nSPS) is 10.7. The van der Waals surface area contributed by atoms with Gasteiger partial charge in [-0.3, -0.25) is 4.79 Å². The van der Waals surface area contributed by atoms with Crippen molar-refractivity contribution in [2.24, 2.45) is 0 Å². The van der Waals surface area contributed by atoms with Crippen molar-refractivity contribution in [1.82, 2.24) is 19.5 Å². The largest absolute Gasteiger partial charge is 0.494 e. The van der Waals surface area contributed by atoms with Crippen LogP contribution in [-0.2, 0) is 22.4 Å². The predicted molar refractivity (Wildman–Crippen MR) is 119 cm³/mol. The number of esters is 1. The number of rotatable bonds is 10. The van der Waals surface area contributed by atoms with Gasteiger partial charge < -0.3 is 19.4 Å². The van der Waals surface area contributed by atoms with Gasteiger partial charge in [0, 0.05) is 24.1 Å². The number of aromatic nitrogens is 4. The molecule has 2 aromatic heterocycles. The molecular weight excluding hydrogens is 394 g/mol. The van der Waals surface area contributed by atoms with E-state index in [4.69, 9.17) is 9.47 Å². The first kappa shape index (κ1) is 22.3. The number of carbonyl (C=O) groups excluding carboxylic acids is 1. The summed E-state index contributed by atoms with van der Waals surface area (Å²) in [4.78, 5) is 25.2. The molecule has 0 saturated carbocycles. The molecular formula is C23H29N5O3. The Kier molecular flexibility index (Phi) is 7.59. The Bertz CT molecular complexity index is 1030. The molecule has 0 spiro atoms. The van der Waals surface area contributed by atoms with Crippen LogP contribution in [0.1, 0.15) is 43.1 Å². The summed E-state index contributed by atoms with van der Waals surface area (Å²) in [7, 11) is 3.01. The first-order valence-corrected chi connectivity index (χ1v) is 10.4. The Labute approximate surface area is 182 Å². The van der Waals surface area contributed by atoms with Crippen LogP contribution in [-0.4, -0.2) is 39.7 Å². The van der Waals surface area contributed by atoms with Crippen molar-refractivity contribution in [2.45, 2.75) is 46.0 Å². The minimum Gasteiger partial charge on any atom is -0.494 e. The summed E-state index contributed by atoms with van der Waals surface area (Å²) in [5.41, 5.74) is 4.26. The molecule has 0 radical (unpaired) electrons. The fourth-order valence-electron chi connectivity index (χ4n) is 3.29. The molecule has 0 aliphatic carbocycles. The lowest BCUT2D eigenvalue weighted by Crippen LogP contribution is -2.11. The van der Waals surface area contributed by atoms with E-state index in [1.807, 2.05) is 35.9 Å². The standard InChI is InChI=1S/C23H29N5O3/c1-5-6-7-8-17-13-24-23(27-19(17)12-22(29)31-4)26-18-9-10-20(21(11-18)30-3)28-14-16(2)25-15-28/h9-11,13-15H,5-8,12H2,1-4H3,(H,24,26,27). The van der Waals surface area contributed by atoms with E-state index in [1.165, 1.54) is 7.11 Å². The van der Waals surface area contributed by atoms with Crippen LogP contribution in [0.2, 0.25) is 0 Å². The molecule has 31 heavy (non-hydrogen) atoms. The van der Waals surface area contributed by atoms with Crippen molar-refractivity contribution in [3.05, 3.63) is 53.9 Å². The van der Waals surface area contributed by atoms with Crippen LogP contribution in [0.3, 0.4) is 0 Å². The number of imidazole rings is 1. The summed E-state index contributed by atoms with van der Waals surface area (Å²) in [6, 6.07) is 5.74. The van der Waals surface area contributed by atoms with Gasteiger partial charge >= 0.3 is 5.97 Å². The van der Waals surface area contributed by atoms with E-state index in [-0.39, 0.29) is 12.4 Å². The van der Waals surface area contributed by atoms with Gasteiger partial charge in [-0.2, -0.15) is 0 Å². The van der Waals surface area contributed by atoms with Gasteiger partial charge in [0.1, 0.15) is 5.75 Å². The number of carbonyl (C=O) groups is 1. The Morgan fingerprint density at radius 2 is 2.03 bits per heavy atom. The van der Waals surface area contributed by atoms with E-state index in [0.717, 1.165) is 48.3 Å². The van der Waals surface area contributed by atoms with Crippen molar-refractivity contribution in [3.63, 3.8) is 0 Å². The molecule has 2 heterocycles. The molecule has 8 heteroatoms. The molecule has 164 valence electrons. The molecule has 3 rings (SSSR count). The maximum absolute atomic E-state index is 11.9. The number of benzene rings is 1. The monoisotopic (exact) mass is 423 g/mol. The third-order valence-electron chi connectivity index (χ3n) is 4.97. The number of anilines is 2. The van der Waals surface area contributed by atoms with E-state index >= 15 is 0 Å². The van der Waals surface area contributed by atoms with Gasteiger partial charge in [-0.05, 0) is 37.5 Å². The minimum atomic E-state index is -0.317.